The first-order valence-electron chi connectivity index (χ1n) is 8.81. The predicted molar refractivity (Wildman–Crippen MR) is 96.0 cm³/mol. The quantitative estimate of drug-likeness (QED) is 0.820. The average Bonchev–Trinajstić information content (AvgIpc) is 2.62. The van der Waals surface area contributed by atoms with Crippen molar-refractivity contribution in [2.75, 3.05) is 18.8 Å². The molecular formula is C18H28N2O3S. The number of piperidine rings is 1. The van der Waals surface area contributed by atoms with E-state index in [4.69, 9.17) is 0 Å². The molecule has 0 aromatic heterocycles. The molecule has 0 radical (unpaired) electrons. The van der Waals surface area contributed by atoms with Crippen molar-refractivity contribution in [2.45, 2.75) is 45.6 Å². The van der Waals surface area contributed by atoms with Crippen molar-refractivity contribution >= 4 is 15.9 Å². The Morgan fingerprint density at radius 1 is 1.21 bits per heavy atom. The van der Waals surface area contributed by atoms with Crippen molar-refractivity contribution in [1.29, 1.82) is 0 Å². The highest BCUT2D eigenvalue weighted by Gasteiger charge is 2.30. The van der Waals surface area contributed by atoms with Gasteiger partial charge in [-0.25, -0.2) is 12.7 Å². The number of carbonyl (C=O) groups is 1. The Labute approximate surface area is 145 Å². The summed E-state index contributed by atoms with van der Waals surface area (Å²) >= 11 is 0. The lowest BCUT2D eigenvalue weighted by Gasteiger charge is -2.31. The molecule has 1 aromatic carbocycles. The van der Waals surface area contributed by atoms with E-state index in [2.05, 4.69) is 12.2 Å². The van der Waals surface area contributed by atoms with Gasteiger partial charge in [0.2, 0.25) is 15.9 Å². The Morgan fingerprint density at radius 3 is 2.38 bits per heavy atom. The van der Waals surface area contributed by atoms with Crippen LogP contribution < -0.4 is 5.32 Å². The number of rotatable bonds is 7. The molecule has 0 aliphatic carbocycles. The molecule has 0 spiro atoms. The fourth-order valence-electron chi connectivity index (χ4n) is 3.16. The van der Waals surface area contributed by atoms with Gasteiger partial charge in [-0.15, -0.1) is 0 Å². The van der Waals surface area contributed by atoms with Gasteiger partial charge in [-0.3, -0.25) is 4.79 Å². The summed E-state index contributed by atoms with van der Waals surface area (Å²) in [6, 6.07) is 10.0. The first-order chi connectivity index (χ1) is 11.5. The smallest absolute Gasteiger partial charge is 0.223 e. The molecule has 2 rings (SSSR count). The minimum absolute atomic E-state index is 0.0288. The molecule has 1 aromatic rings. The van der Waals surface area contributed by atoms with E-state index in [1.807, 2.05) is 30.3 Å². The second-order valence-corrected chi connectivity index (χ2v) is 8.59. The van der Waals surface area contributed by atoms with E-state index >= 15 is 0 Å². The van der Waals surface area contributed by atoms with Crippen LogP contribution in [0, 0.1) is 5.92 Å². The predicted octanol–water partition coefficient (Wildman–Crippen LogP) is 2.71. The lowest BCUT2D eigenvalue weighted by molar-refractivity contribution is -0.127. The number of nitrogens with one attached hydrogen (secondary N) is 1. The molecular weight excluding hydrogens is 324 g/mol. The fraction of sp³-hybridized carbons (Fsp3) is 0.611. The summed E-state index contributed by atoms with van der Waals surface area (Å²) in [6.07, 6.45) is 3.09. The van der Waals surface area contributed by atoms with Crippen molar-refractivity contribution in [3.63, 3.8) is 0 Å². The van der Waals surface area contributed by atoms with Gasteiger partial charge >= 0.3 is 0 Å². The van der Waals surface area contributed by atoms with Gasteiger partial charge in [-0.05, 0) is 31.7 Å². The molecule has 1 N–H and O–H groups in total. The third-order valence-corrected chi connectivity index (χ3v) is 6.56. The molecule has 1 aliphatic heterocycles. The summed E-state index contributed by atoms with van der Waals surface area (Å²) in [5.74, 6) is 0.0680. The molecule has 134 valence electrons. The van der Waals surface area contributed by atoms with E-state index in [0.29, 0.717) is 25.9 Å². The van der Waals surface area contributed by atoms with Gasteiger partial charge in [-0.2, -0.15) is 0 Å². The Balaban J connectivity index is 1.95. The number of sulfonamides is 1. The van der Waals surface area contributed by atoms with Gasteiger partial charge in [0, 0.05) is 19.0 Å². The molecule has 1 amide bonds. The van der Waals surface area contributed by atoms with Crippen LogP contribution in [0.2, 0.25) is 0 Å². The number of nitrogens with zero attached hydrogens (tertiary/aromatic N) is 1. The minimum Gasteiger partial charge on any atom is -0.349 e. The number of hydrogen-bond acceptors (Lipinski definition) is 3. The normalized spacial score (nSPS) is 18.2. The molecule has 24 heavy (non-hydrogen) atoms. The lowest BCUT2D eigenvalue weighted by atomic mass is 9.95. The van der Waals surface area contributed by atoms with Crippen molar-refractivity contribution in [3.05, 3.63) is 35.9 Å². The van der Waals surface area contributed by atoms with Crippen LogP contribution >= 0.6 is 0 Å². The van der Waals surface area contributed by atoms with Crippen LogP contribution in [0.25, 0.3) is 0 Å². The van der Waals surface area contributed by atoms with Crippen LogP contribution in [0.3, 0.4) is 0 Å². The van der Waals surface area contributed by atoms with E-state index in [-0.39, 0.29) is 23.6 Å². The first kappa shape index (κ1) is 18.9. The molecule has 1 atom stereocenters. The van der Waals surface area contributed by atoms with Crippen LogP contribution in [-0.4, -0.2) is 37.5 Å². The largest absolute Gasteiger partial charge is 0.349 e. The second kappa shape index (κ2) is 8.62. The van der Waals surface area contributed by atoms with Crippen molar-refractivity contribution < 1.29 is 13.2 Å². The van der Waals surface area contributed by atoms with E-state index in [1.54, 1.807) is 6.92 Å². The molecule has 1 fully saturated rings. The maximum absolute atomic E-state index is 12.6. The topological polar surface area (TPSA) is 66.5 Å². The summed E-state index contributed by atoms with van der Waals surface area (Å²) in [5.41, 5.74) is 1.12. The van der Waals surface area contributed by atoms with Gasteiger partial charge in [0.1, 0.15) is 0 Å². The SMILES string of the molecule is CCC[C@H](NC(=O)C1CCN(S(=O)(=O)CC)CC1)c1ccccc1. The summed E-state index contributed by atoms with van der Waals surface area (Å²) < 4.78 is 25.3. The number of amides is 1. The monoisotopic (exact) mass is 352 g/mol. The second-order valence-electron chi connectivity index (χ2n) is 6.33. The highest BCUT2D eigenvalue weighted by molar-refractivity contribution is 7.89. The van der Waals surface area contributed by atoms with E-state index in [1.165, 1.54) is 4.31 Å². The van der Waals surface area contributed by atoms with Crippen molar-refractivity contribution in [1.82, 2.24) is 9.62 Å². The van der Waals surface area contributed by atoms with Gasteiger partial charge in [-0.1, -0.05) is 43.7 Å². The zero-order valence-corrected chi connectivity index (χ0v) is 15.4. The molecule has 1 heterocycles. The van der Waals surface area contributed by atoms with Crippen molar-refractivity contribution in [3.8, 4) is 0 Å². The summed E-state index contributed by atoms with van der Waals surface area (Å²) in [6.45, 7) is 4.65. The highest BCUT2D eigenvalue weighted by atomic mass is 32.2. The maximum Gasteiger partial charge on any atom is 0.223 e. The van der Waals surface area contributed by atoms with Gasteiger partial charge < -0.3 is 5.32 Å². The fourth-order valence-corrected chi connectivity index (χ4v) is 4.30. The Bertz CT molecular complexity index is 623. The first-order valence-corrected chi connectivity index (χ1v) is 10.4. The molecule has 0 saturated carbocycles. The minimum atomic E-state index is -3.14. The van der Waals surface area contributed by atoms with E-state index in [9.17, 15) is 13.2 Å². The molecule has 6 heteroatoms. The molecule has 0 bridgehead atoms. The zero-order valence-electron chi connectivity index (χ0n) is 14.6. The third-order valence-electron chi connectivity index (χ3n) is 4.68. The van der Waals surface area contributed by atoms with Crippen LogP contribution in [-0.2, 0) is 14.8 Å². The Morgan fingerprint density at radius 2 is 1.83 bits per heavy atom. The number of benzene rings is 1. The van der Waals surface area contributed by atoms with Gasteiger partial charge in [0.25, 0.3) is 0 Å². The third kappa shape index (κ3) is 4.80. The Kier molecular flexibility index (Phi) is 6.80. The van der Waals surface area contributed by atoms with Crippen LogP contribution in [0.1, 0.15) is 51.1 Å². The average molecular weight is 353 g/mol. The van der Waals surface area contributed by atoms with Gasteiger partial charge in [0.05, 0.1) is 11.8 Å². The lowest BCUT2D eigenvalue weighted by Crippen LogP contribution is -2.44. The highest BCUT2D eigenvalue weighted by Crippen LogP contribution is 2.23. The molecule has 5 nitrogen and oxygen atoms in total. The molecule has 1 aliphatic rings. The van der Waals surface area contributed by atoms with Crippen LogP contribution in [0.5, 0.6) is 0 Å². The Hall–Kier alpha value is -1.40. The van der Waals surface area contributed by atoms with Crippen LogP contribution in [0.15, 0.2) is 30.3 Å². The standard InChI is InChI=1S/C18H28N2O3S/c1-3-8-17(15-9-6-5-7-10-15)19-18(21)16-11-13-20(14-12-16)24(22,23)4-2/h5-7,9-10,16-17H,3-4,8,11-14H2,1-2H3,(H,19,21)/t17-/m0/s1. The zero-order chi connectivity index (χ0) is 17.6. The maximum atomic E-state index is 12.6. The summed E-state index contributed by atoms with van der Waals surface area (Å²) in [5, 5.41) is 3.16. The molecule has 0 unspecified atom stereocenters. The molecule has 1 saturated heterocycles. The summed E-state index contributed by atoms with van der Waals surface area (Å²) in [4.78, 5) is 12.6. The number of hydrogen-bond donors (Lipinski definition) is 1. The van der Waals surface area contributed by atoms with E-state index < -0.39 is 10.0 Å². The number of carbonyl (C=O) groups excluding carboxylic acids is 1. The van der Waals surface area contributed by atoms with Gasteiger partial charge in [0.15, 0.2) is 0 Å². The summed E-state index contributed by atoms with van der Waals surface area (Å²) in [7, 11) is -3.14. The van der Waals surface area contributed by atoms with Crippen LogP contribution in [0.4, 0.5) is 0 Å². The van der Waals surface area contributed by atoms with E-state index in [0.717, 1.165) is 18.4 Å². The van der Waals surface area contributed by atoms with Crippen molar-refractivity contribution in [2.24, 2.45) is 5.92 Å².